The number of fused-ring (bicyclic) bond motifs is 1. The summed E-state index contributed by atoms with van der Waals surface area (Å²) >= 11 is 0. The second-order valence-corrected chi connectivity index (χ2v) is 3.90. The Morgan fingerprint density at radius 3 is 2.69 bits per heavy atom. The first-order chi connectivity index (χ1) is 6.18. The van der Waals surface area contributed by atoms with Gasteiger partial charge in [-0.2, -0.15) is 0 Å². The molecule has 0 atom stereocenters. The van der Waals surface area contributed by atoms with Crippen LogP contribution in [-0.2, 0) is 4.79 Å². The van der Waals surface area contributed by atoms with Gasteiger partial charge in [0, 0.05) is 12.8 Å². The molecule has 2 rings (SSSR count). The van der Waals surface area contributed by atoms with Crippen molar-refractivity contribution in [2.75, 3.05) is 0 Å². The van der Waals surface area contributed by atoms with E-state index in [0.717, 1.165) is 12.8 Å². The van der Waals surface area contributed by atoms with Crippen molar-refractivity contribution in [2.24, 2.45) is 0 Å². The van der Waals surface area contributed by atoms with Crippen LogP contribution < -0.4 is 0 Å². The average Bonchev–Trinajstić information content (AvgIpc) is 2.36. The Kier molecular flexibility index (Phi) is 1.95. The van der Waals surface area contributed by atoms with Crippen LogP contribution in [0.2, 0.25) is 0 Å². The van der Waals surface area contributed by atoms with E-state index in [1.165, 1.54) is 22.3 Å². The van der Waals surface area contributed by atoms with Crippen molar-refractivity contribution in [3.05, 3.63) is 34.4 Å². The molecule has 2 aliphatic rings. The summed E-state index contributed by atoms with van der Waals surface area (Å²) in [6.45, 7) is 4.20. The molecule has 0 aliphatic heterocycles. The van der Waals surface area contributed by atoms with E-state index in [9.17, 15) is 4.79 Å². The number of allylic oxidation sites excluding steroid dienone is 6. The minimum atomic E-state index is 0.383. The molecule has 1 heteroatoms. The van der Waals surface area contributed by atoms with Gasteiger partial charge in [0.2, 0.25) is 0 Å². The van der Waals surface area contributed by atoms with Gasteiger partial charge < -0.3 is 0 Å². The van der Waals surface area contributed by atoms with Crippen LogP contribution >= 0.6 is 0 Å². The van der Waals surface area contributed by atoms with E-state index >= 15 is 0 Å². The molecule has 0 saturated heterocycles. The summed E-state index contributed by atoms with van der Waals surface area (Å²) in [5, 5.41) is 0. The molecule has 0 aromatic heterocycles. The molecule has 68 valence electrons. The summed E-state index contributed by atoms with van der Waals surface area (Å²) in [5.41, 5.74) is 5.29. The molecule has 0 saturated carbocycles. The van der Waals surface area contributed by atoms with Gasteiger partial charge in [-0.05, 0) is 37.0 Å². The topological polar surface area (TPSA) is 17.1 Å². The molecule has 0 aromatic carbocycles. The Morgan fingerprint density at radius 1 is 1.15 bits per heavy atom. The zero-order chi connectivity index (χ0) is 9.42. The maximum Gasteiger partial charge on any atom is 0.137 e. The summed E-state index contributed by atoms with van der Waals surface area (Å²) in [6.07, 6.45) is 6.61. The van der Waals surface area contributed by atoms with E-state index in [-0.39, 0.29) is 0 Å². The molecule has 0 aromatic rings. The Balaban J connectivity index is 2.47. The molecule has 1 nitrogen and oxygen atoms in total. The maximum atomic E-state index is 11.4. The van der Waals surface area contributed by atoms with Gasteiger partial charge >= 0.3 is 0 Å². The fourth-order valence-electron chi connectivity index (χ4n) is 2.10. The van der Waals surface area contributed by atoms with E-state index in [1.54, 1.807) is 0 Å². The van der Waals surface area contributed by atoms with Gasteiger partial charge in [-0.25, -0.2) is 0 Å². The Hall–Kier alpha value is -1.11. The van der Waals surface area contributed by atoms with Crippen molar-refractivity contribution < 1.29 is 4.79 Å². The number of Topliss-reactive ketones (excluding diaryl/α,β-unsaturated/α-hetero) is 1. The molecular formula is C12H14O. The van der Waals surface area contributed by atoms with Crippen molar-refractivity contribution in [1.82, 2.24) is 0 Å². The van der Waals surface area contributed by atoms with Gasteiger partial charge in [0.1, 0.15) is 5.78 Å². The predicted molar refractivity (Wildman–Crippen MR) is 53.4 cm³/mol. The maximum absolute atomic E-state index is 11.4. The highest BCUT2D eigenvalue weighted by atomic mass is 16.1. The molecule has 13 heavy (non-hydrogen) atoms. The number of rotatable bonds is 0. The van der Waals surface area contributed by atoms with Crippen molar-refractivity contribution in [1.29, 1.82) is 0 Å². The highest BCUT2D eigenvalue weighted by Gasteiger charge is 2.19. The van der Waals surface area contributed by atoms with Crippen LogP contribution in [0, 0.1) is 0 Å². The molecule has 2 aliphatic carbocycles. The normalized spacial score (nSPS) is 22.5. The summed E-state index contributed by atoms with van der Waals surface area (Å²) in [6, 6.07) is 0. The van der Waals surface area contributed by atoms with Crippen LogP contribution in [0.5, 0.6) is 0 Å². The standard InChI is InChI=1S/C12H14O/c1-8-3-5-12-9(2)7-10(13)4-6-11(8)12/h3,5H,4,6-7H2,1-2H3. The third kappa shape index (κ3) is 1.39. The van der Waals surface area contributed by atoms with E-state index in [2.05, 4.69) is 26.0 Å². The molecule has 0 amide bonds. The largest absolute Gasteiger partial charge is 0.299 e. The summed E-state index contributed by atoms with van der Waals surface area (Å²) in [5.74, 6) is 0.383. The molecule has 0 heterocycles. The van der Waals surface area contributed by atoms with Crippen LogP contribution in [0.1, 0.15) is 33.1 Å². The van der Waals surface area contributed by atoms with Crippen molar-refractivity contribution in [3.63, 3.8) is 0 Å². The summed E-state index contributed by atoms with van der Waals surface area (Å²) in [7, 11) is 0. The first-order valence-corrected chi connectivity index (χ1v) is 4.78. The molecule has 0 spiro atoms. The highest BCUT2D eigenvalue weighted by molar-refractivity contribution is 5.83. The number of carbonyl (C=O) groups is 1. The second-order valence-electron chi connectivity index (χ2n) is 3.90. The average molecular weight is 174 g/mol. The van der Waals surface area contributed by atoms with Gasteiger partial charge in [0.15, 0.2) is 0 Å². The van der Waals surface area contributed by atoms with Crippen molar-refractivity contribution >= 4 is 5.78 Å². The Bertz CT molecular complexity index is 353. The zero-order valence-electron chi connectivity index (χ0n) is 8.18. The molecule has 0 bridgehead atoms. The van der Waals surface area contributed by atoms with Gasteiger partial charge in [-0.3, -0.25) is 4.79 Å². The smallest absolute Gasteiger partial charge is 0.137 e. The predicted octanol–water partition coefficient (Wildman–Crippen LogP) is 2.94. The third-order valence-electron chi connectivity index (χ3n) is 2.88. The summed E-state index contributed by atoms with van der Waals surface area (Å²) in [4.78, 5) is 11.4. The monoisotopic (exact) mass is 174 g/mol. The number of ketones is 1. The highest BCUT2D eigenvalue weighted by Crippen LogP contribution is 2.34. The lowest BCUT2D eigenvalue weighted by atomic mass is 10.0. The molecule has 0 fully saturated rings. The van der Waals surface area contributed by atoms with Gasteiger partial charge in [-0.1, -0.05) is 17.7 Å². The van der Waals surface area contributed by atoms with E-state index in [0.29, 0.717) is 12.2 Å². The minimum Gasteiger partial charge on any atom is -0.299 e. The number of hydrogen-bond donors (Lipinski definition) is 0. The lowest BCUT2D eigenvalue weighted by Gasteiger charge is -2.04. The summed E-state index contributed by atoms with van der Waals surface area (Å²) < 4.78 is 0. The second kappa shape index (κ2) is 2.99. The first-order valence-electron chi connectivity index (χ1n) is 4.78. The van der Waals surface area contributed by atoms with Crippen LogP contribution in [0.3, 0.4) is 0 Å². The van der Waals surface area contributed by atoms with Gasteiger partial charge in [0.25, 0.3) is 0 Å². The lowest BCUT2D eigenvalue weighted by Crippen LogP contribution is -1.95. The lowest BCUT2D eigenvalue weighted by molar-refractivity contribution is -0.118. The minimum absolute atomic E-state index is 0.383. The zero-order valence-corrected chi connectivity index (χ0v) is 8.18. The number of carbonyl (C=O) groups excluding carboxylic acids is 1. The van der Waals surface area contributed by atoms with Crippen LogP contribution in [0.15, 0.2) is 34.4 Å². The van der Waals surface area contributed by atoms with Crippen LogP contribution in [0.4, 0.5) is 0 Å². The van der Waals surface area contributed by atoms with E-state index in [4.69, 9.17) is 0 Å². The number of hydrogen-bond acceptors (Lipinski definition) is 1. The molecule has 0 radical (unpaired) electrons. The van der Waals surface area contributed by atoms with Crippen LogP contribution in [-0.4, -0.2) is 5.78 Å². The third-order valence-corrected chi connectivity index (χ3v) is 2.88. The quantitative estimate of drug-likeness (QED) is 0.551. The van der Waals surface area contributed by atoms with Gasteiger partial charge in [-0.15, -0.1) is 0 Å². The van der Waals surface area contributed by atoms with E-state index in [1.807, 2.05) is 0 Å². The molecular weight excluding hydrogens is 160 g/mol. The fraction of sp³-hybridized carbons (Fsp3) is 0.417. The van der Waals surface area contributed by atoms with Crippen LogP contribution in [0.25, 0.3) is 0 Å². The van der Waals surface area contributed by atoms with Crippen molar-refractivity contribution in [2.45, 2.75) is 33.1 Å². The van der Waals surface area contributed by atoms with Crippen molar-refractivity contribution in [3.8, 4) is 0 Å². The Labute approximate surface area is 78.8 Å². The Morgan fingerprint density at radius 2 is 1.92 bits per heavy atom. The first kappa shape index (κ1) is 8.49. The molecule has 0 unspecified atom stereocenters. The van der Waals surface area contributed by atoms with E-state index < -0.39 is 0 Å². The fourth-order valence-corrected chi connectivity index (χ4v) is 2.10. The molecule has 0 N–H and O–H groups in total. The van der Waals surface area contributed by atoms with Gasteiger partial charge in [0.05, 0.1) is 0 Å². The SMILES string of the molecule is CC1=C2CCC(=O)CC(C)=C2C=C1.